The molecule has 0 amide bonds. The molecule has 0 aromatic carbocycles. The van der Waals surface area contributed by atoms with Gasteiger partial charge in [0.2, 0.25) is 0 Å². The van der Waals surface area contributed by atoms with E-state index in [0.717, 1.165) is 18.9 Å². The summed E-state index contributed by atoms with van der Waals surface area (Å²) in [6.07, 6.45) is 0. The molecule has 0 aliphatic carbocycles. The van der Waals surface area contributed by atoms with Crippen LogP contribution in [0, 0.1) is 20.2 Å². The highest BCUT2D eigenvalue weighted by Crippen LogP contribution is 2.54. The highest BCUT2D eigenvalue weighted by atomic mass is 79.9. The van der Waals surface area contributed by atoms with E-state index in [1.165, 1.54) is 22.7 Å². The number of hydrogen-bond acceptors (Lipinski definition) is 7. The van der Waals surface area contributed by atoms with Crippen LogP contribution in [0.2, 0.25) is 0 Å². The van der Waals surface area contributed by atoms with Gasteiger partial charge in [-0.15, -0.1) is 34.0 Å². The quantitative estimate of drug-likeness (QED) is 0.303. The predicted octanol–water partition coefficient (Wildman–Crippen LogP) is 6.55. The van der Waals surface area contributed by atoms with E-state index in [0.29, 0.717) is 19.5 Å². The first-order valence-electron chi connectivity index (χ1n) is 5.85. The summed E-state index contributed by atoms with van der Waals surface area (Å²) in [6.45, 7) is 0. The van der Waals surface area contributed by atoms with E-state index < -0.39 is 21.2 Å². The molecule has 6 nitrogen and oxygen atoms in total. The number of rotatable bonds is 4. The highest BCUT2D eigenvalue weighted by Gasteiger charge is 2.38. The van der Waals surface area contributed by atoms with Gasteiger partial charge >= 0.3 is 11.4 Å². The molecule has 3 rings (SSSR count). The Morgan fingerprint density at radius 3 is 1.39 bits per heavy atom. The Morgan fingerprint density at radius 2 is 1.13 bits per heavy atom. The van der Waals surface area contributed by atoms with E-state index in [9.17, 15) is 20.2 Å². The monoisotopic (exact) mass is 494 g/mol. The lowest BCUT2D eigenvalue weighted by atomic mass is 10.2. The topological polar surface area (TPSA) is 86.3 Å². The maximum atomic E-state index is 11.5. The number of hydrogen-bond donors (Lipinski definition) is 0. The van der Waals surface area contributed by atoms with Crippen molar-refractivity contribution in [2.24, 2.45) is 0 Å². The van der Waals surface area contributed by atoms with Crippen LogP contribution in [0.1, 0.15) is 0 Å². The van der Waals surface area contributed by atoms with Crippen molar-refractivity contribution >= 4 is 77.2 Å². The lowest BCUT2D eigenvalue weighted by Crippen LogP contribution is -1.95. The van der Waals surface area contributed by atoms with E-state index in [-0.39, 0.29) is 0 Å². The third kappa shape index (κ3) is 3.11. The lowest BCUT2D eigenvalue weighted by molar-refractivity contribution is -0.420. The van der Waals surface area contributed by atoms with Crippen LogP contribution in [0.4, 0.5) is 11.4 Å². The fourth-order valence-corrected chi connectivity index (χ4v) is 6.19. The Bertz CT molecular complexity index is 858. The van der Waals surface area contributed by atoms with Gasteiger partial charge in [-0.3, -0.25) is 20.2 Å². The minimum atomic E-state index is -0.677. The standard InChI is InChI=1S/C12H4Br2N2O4S3/c13-7-3-1-5(21-7)11-9(15(17)18)10(16(19)20)12(23-11)6-2-4-8(14)22-6/h1-4H. The van der Waals surface area contributed by atoms with E-state index in [1.54, 1.807) is 24.3 Å². The fraction of sp³-hybridized carbons (Fsp3) is 0. The van der Waals surface area contributed by atoms with Crippen LogP contribution in [0.15, 0.2) is 31.8 Å². The number of nitrogens with zero attached hydrogens (tertiary/aromatic N) is 2. The van der Waals surface area contributed by atoms with Crippen LogP contribution in [-0.2, 0) is 0 Å². The van der Waals surface area contributed by atoms with Gasteiger partial charge in [-0.05, 0) is 56.1 Å². The number of thiophene rings is 3. The summed E-state index contributed by atoms with van der Waals surface area (Å²) in [4.78, 5) is 23.4. The zero-order chi connectivity index (χ0) is 16.7. The third-order valence-corrected chi connectivity index (χ3v) is 7.59. The Balaban J connectivity index is 2.33. The molecule has 3 aromatic heterocycles. The molecule has 0 aliphatic heterocycles. The zero-order valence-electron chi connectivity index (χ0n) is 10.8. The van der Waals surface area contributed by atoms with E-state index in [1.807, 2.05) is 0 Å². The molecule has 23 heavy (non-hydrogen) atoms. The molecule has 0 bridgehead atoms. The van der Waals surface area contributed by atoms with Gasteiger partial charge in [-0.25, -0.2) is 0 Å². The summed E-state index contributed by atoms with van der Waals surface area (Å²) in [6, 6.07) is 6.95. The second kappa shape index (κ2) is 6.40. The van der Waals surface area contributed by atoms with Crippen molar-refractivity contribution in [2.75, 3.05) is 0 Å². The van der Waals surface area contributed by atoms with Crippen molar-refractivity contribution in [3.05, 3.63) is 52.1 Å². The van der Waals surface area contributed by atoms with Gasteiger partial charge in [0.1, 0.15) is 9.75 Å². The normalized spacial score (nSPS) is 10.9. The lowest BCUT2D eigenvalue weighted by Gasteiger charge is -1.93. The van der Waals surface area contributed by atoms with Crippen LogP contribution in [-0.4, -0.2) is 9.85 Å². The predicted molar refractivity (Wildman–Crippen MR) is 99.7 cm³/mol. The summed E-state index contributed by atoms with van der Waals surface area (Å²) in [5.74, 6) is 0. The van der Waals surface area contributed by atoms with E-state index >= 15 is 0 Å². The van der Waals surface area contributed by atoms with Gasteiger partial charge in [0.25, 0.3) is 0 Å². The van der Waals surface area contributed by atoms with Crippen molar-refractivity contribution in [3.8, 4) is 19.5 Å². The smallest absolute Gasteiger partial charge is 0.258 e. The van der Waals surface area contributed by atoms with Gasteiger partial charge in [-0.1, -0.05) is 0 Å². The summed E-state index contributed by atoms with van der Waals surface area (Å²) in [5, 5.41) is 22.9. The van der Waals surface area contributed by atoms with Gasteiger partial charge in [0.15, 0.2) is 0 Å². The Hall–Kier alpha value is -1.14. The molecule has 0 radical (unpaired) electrons. The Labute approximate surface area is 158 Å². The largest absolute Gasteiger partial charge is 0.366 e. The Kier molecular flexibility index (Phi) is 4.65. The van der Waals surface area contributed by atoms with Crippen LogP contribution < -0.4 is 0 Å². The first-order valence-corrected chi connectivity index (χ1v) is 9.89. The average Bonchev–Trinajstić information content (AvgIpc) is 3.15. The molecule has 118 valence electrons. The SMILES string of the molecule is O=[N+]([O-])c1c(-c2ccc(Br)s2)sc(-c2ccc(Br)s2)c1[N+](=O)[O-]. The van der Waals surface area contributed by atoms with Crippen LogP contribution in [0.5, 0.6) is 0 Å². The second-order valence-corrected chi connectivity index (χ2v) is 10.1. The molecule has 0 atom stereocenters. The van der Waals surface area contributed by atoms with Crippen molar-refractivity contribution in [1.82, 2.24) is 0 Å². The first-order chi connectivity index (χ1) is 10.9. The molecule has 0 aliphatic rings. The fourth-order valence-electron chi connectivity index (χ4n) is 1.96. The van der Waals surface area contributed by atoms with Crippen molar-refractivity contribution in [3.63, 3.8) is 0 Å². The molecule has 0 saturated heterocycles. The van der Waals surface area contributed by atoms with Crippen molar-refractivity contribution in [2.45, 2.75) is 0 Å². The van der Waals surface area contributed by atoms with Crippen LogP contribution >= 0.6 is 65.9 Å². The van der Waals surface area contributed by atoms with E-state index in [2.05, 4.69) is 31.9 Å². The van der Waals surface area contributed by atoms with Crippen molar-refractivity contribution in [1.29, 1.82) is 0 Å². The van der Waals surface area contributed by atoms with Crippen molar-refractivity contribution < 1.29 is 9.85 Å². The van der Waals surface area contributed by atoms with Gasteiger partial charge in [0.05, 0.1) is 27.2 Å². The first kappa shape index (κ1) is 16.7. The van der Waals surface area contributed by atoms with Gasteiger partial charge < -0.3 is 0 Å². The molecule has 3 heterocycles. The molecular weight excluding hydrogens is 492 g/mol. The van der Waals surface area contributed by atoms with Gasteiger partial charge in [0, 0.05) is 0 Å². The minimum absolute atomic E-state index is 0.303. The summed E-state index contributed by atoms with van der Waals surface area (Å²) in [7, 11) is 0. The van der Waals surface area contributed by atoms with E-state index in [4.69, 9.17) is 0 Å². The maximum Gasteiger partial charge on any atom is 0.366 e. The number of nitro groups is 2. The molecule has 3 aromatic rings. The molecule has 0 fully saturated rings. The third-order valence-electron chi connectivity index (χ3n) is 2.82. The molecule has 0 N–H and O–H groups in total. The molecule has 0 spiro atoms. The zero-order valence-corrected chi connectivity index (χ0v) is 16.4. The summed E-state index contributed by atoms with van der Waals surface area (Å²) < 4.78 is 1.61. The Morgan fingerprint density at radius 1 is 0.739 bits per heavy atom. The second-order valence-electron chi connectivity index (χ2n) is 4.18. The molecule has 11 heteroatoms. The van der Waals surface area contributed by atoms with Gasteiger partial charge in [-0.2, -0.15) is 0 Å². The minimum Gasteiger partial charge on any atom is -0.258 e. The summed E-state index contributed by atoms with van der Waals surface area (Å²) in [5.41, 5.74) is -0.900. The molecule has 0 unspecified atom stereocenters. The average molecular weight is 496 g/mol. The molecule has 0 saturated carbocycles. The highest BCUT2D eigenvalue weighted by molar-refractivity contribution is 9.11. The van der Waals surface area contributed by atoms with Crippen LogP contribution in [0.25, 0.3) is 19.5 Å². The number of halogens is 2. The summed E-state index contributed by atoms with van der Waals surface area (Å²) >= 11 is 10.3. The molecular formula is C12H4Br2N2O4S3. The maximum absolute atomic E-state index is 11.5. The van der Waals surface area contributed by atoms with Crippen LogP contribution in [0.3, 0.4) is 0 Å².